The van der Waals surface area contributed by atoms with Crippen LogP contribution in [0.5, 0.6) is 0 Å². The van der Waals surface area contributed by atoms with E-state index in [0.717, 1.165) is 44.6 Å². The molecule has 0 radical (unpaired) electrons. The predicted octanol–water partition coefficient (Wildman–Crippen LogP) is 6.87. The Balaban J connectivity index is 1.81. The molecule has 0 fully saturated rings. The van der Waals surface area contributed by atoms with Crippen molar-refractivity contribution in [3.8, 4) is 0 Å². The minimum atomic E-state index is -4.66. The zero-order valence-electron chi connectivity index (χ0n) is 23.7. The summed E-state index contributed by atoms with van der Waals surface area (Å²) in [5.41, 5.74) is 0.691. The Hall–Kier alpha value is -3.48. The highest BCUT2D eigenvalue weighted by molar-refractivity contribution is 7.90. The number of benzene rings is 2. The molecule has 7 nitrogen and oxygen atoms in total. The van der Waals surface area contributed by atoms with Gasteiger partial charge in [-0.05, 0) is 54.2 Å². The van der Waals surface area contributed by atoms with Crippen LogP contribution in [0.15, 0.2) is 53.9 Å². The van der Waals surface area contributed by atoms with E-state index in [1.54, 1.807) is 13.0 Å². The number of aliphatic hydroxyl groups is 1. The average molecular weight is 621 g/mol. The van der Waals surface area contributed by atoms with Gasteiger partial charge in [-0.15, -0.1) is 11.3 Å². The lowest BCUT2D eigenvalue weighted by molar-refractivity contribution is -0.137. The molecule has 2 aromatic carbocycles. The molecule has 0 bridgehead atoms. The third-order valence-electron chi connectivity index (χ3n) is 6.70. The summed E-state index contributed by atoms with van der Waals surface area (Å²) in [6, 6.07) is 10.4. The van der Waals surface area contributed by atoms with Crippen LogP contribution in [0.25, 0.3) is 17.0 Å². The Morgan fingerprint density at radius 1 is 1.14 bits per heavy atom. The van der Waals surface area contributed by atoms with Gasteiger partial charge < -0.3 is 9.84 Å². The molecular formula is C30H31F3N2O5S2. The first kappa shape index (κ1) is 31.5. The third-order valence-corrected chi connectivity index (χ3v) is 9.16. The van der Waals surface area contributed by atoms with E-state index in [1.807, 2.05) is 24.3 Å². The first-order valence-corrected chi connectivity index (χ1v) is 15.6. The number of aryl methyl sites for hydroxylation is 1. The molecule has 0 spiro atoms. The van der Waals surface area contributed by atoms with Crippen LogP contribution in [-0.4, -0.2) is 40.8 Å². The fraction of sp³-hybridized carbons (Fsp3) is 0.333. The Morgan fingerprint density at radius 2 is 1.86 bits per heavy atom. The van der Waals surface area contributed by atoms with Crippen molar-refractivity contribution in [3.05, 3.63) is 92.6 Å². The van der Waals surface area contributed by atoms with Crippen LogP contribution in [0.1, 0.15) is 77.2 Å². The summed E-state index contributed by atoms with van der Waals surface area (Å²) in [7, 11) is -4.25. The van der Waals surface area contributed by atoms with Gasteiger partial charge >= 0.3 is 12.1 Å². The largest absolute Gasteiger partial charge is 0.461 e. The topological polar surface area (TPSA) is 98.5 Å². The monoisotopic (exact) mass is 620 g/mol. The zero-order chi connectivity index (χ0) is 31.0. The van der Waals surface area contributed by atoms with Crippen LogP contribution in [0, 0.1) is 6.92 Å². The van der Waals surface area contributed by atoms with Gasteiger partial charge in [0, 0.05) is 10.8 Å². The Bertz CT molecular complexity index is 1760. The third kappa shape index (κ3) is 6.45. The van der Waals surface area contributed by atoms with Crippen molar-refractivity contribution in [2.45, 2.75) is 52.3 Å². The summed E-state index contributed by atoms with van der Waals surface area (Å²) in [5.74, 6) is -1.21. The van der Waals surface area contributed by atoms with Crippen molar-refractivity contribution < 1.29 is 36.2 Å². The number of esters is 1. The first-order chi connectivity index (χ1) is 19.5. The molecule has 12 heteroatoms. The van der Waals surface area contributed by atoms with Crippen LogP contribution >= 0.6 is 11.3 Å². The quantitative estimate of drug-likeness (QED) is 0.216. The van der Waals surface area contributed by atoms with Gasteiger partial charge in [-0.1, -0.05) is 57.2 Å². The van der Waals surface area contributed by atoms with Crippen LogP contribution in [0.3, 0.4) is 0 Å². The van der Waals surface area contributed by atoms with Gasteiger partial charge in [0.2, 0.25) is 10.0 Å². The Kier molecular flexibility index (Phi) is 8.73. The second-order valence-electron chi connectivity index (χ2n) is 10.8. The number of carbonyl (C=O) groups is 1. The van der Waals surface area contributed by atoms with Gasteiger partial charge in [-0.2, -0.15) is 13.2 Å². The molecule has 4 rings (SSSR count). The van der Waals surface area contributed by atoms with Gasteiger partial charge in [-0.25, -0.2) is 22.2 Å². The van der Waals surface area contributed by atoms with Crippen molar-refractivity contribution in [1.29, 1.82) is 0 Å². The minimum Gasteiger partial charge on any atom is -0.461 e. The number of ether oxygens (including phenoxy) is 1. The highest BCUT2D eigenvalue weighted by Crippen LogP contribution is 2.39. The molecule has 0 aliphatic rings. The second-order valence-corrected chi connectivity index (χ2v) is 13.5. The Labute approximate surface area is 246 Å². The molecular weight excluding hydrogens is 589 g/mol. The van der Waals surface area contributed by atoms with E-state index >= 15 is 0 Å². The molecule has 224 valence electrons. The maximum Gasteiger partial charge on any atom is 0.416 e. The standard InChI is InChI=1S/C30H31F3N2O5S2/c1-6-40-28(37)23-17-41-27(34-23)26(36)25-18(2)22-16-21(30(31,32)33)12-13-24(22)35(25)42(38,39)14-8-10-19-9-7-11-20(15-19)29(3,4)5/h7-13,15-17,26,36H,6,14H2,1-5H3. The van der Waals surface area contributed by atoms with Crippen LogP contribution in [0.2, 0.25) is 0 Å². The first-order valence-electron chi connectivity index (χ1n) is 13.1. The molecule has 0 aliphatic carbocycles. The van der Waals surface area contributed by atoms with E-state index < -0.39 is 39.6 Å². The molecule has 0 aliphatic heterocycles. The normalized spacial score (nSPS) is 13.6. The van der Waals surface area contributed by atoms with Crippen LogP contribution < -0.4 is 0 Å². The summed E-state index contributed by atoms with van der Waals surface area (Å²) in [4.78, 5) is 16.2. The molecule has 0 saturated carbocycles. The lowest BCUT2D eigenvalue weighted by Gasteiger charge is -2.19. The molecule has 0 amide bonds. The highest BCUT2D eigenvalue weighted by Gasteiger charge is 2.34. The highest BCUT2D eigenvalue weighted by atomic mass is 32.2. The number of thiazole rings is 1. The SMILES string of the molecule is CCOC(=O)c1csc(C(O)c2c(C)c3cc(C(F)(F)F)ccc3n2S(=O)(=O)CC=Cc2cccc(C(C)(C)C)c2)n1. The number of aromatic nitrogens is 2. The number of alkyl halides is 3. The van der Waals surface area contributed by atoms with E-state index in [2.05, 4.69) is 25.8 Å². The van der Waals surface area contributed by atoms with Gasteiger partial charge in [0.1, 0.15) is 11.1 Å². The number of hydrogen-bond donors (Lipinski definition) is 1. The number of hydrogen-bond acceptors (Lipinski definition) is 7. The summed E-state index contributed by atoms with van der Waals surface area (Å²) < 4.78 is 74.1. The number of aliphatic hydroxyl groups excluding tert-OH is 1. The van der Waals surface area contributed by atoms with Gasteiger partial charge in [0.05, 0.1) is 29.1 Å². The molecule has 1 unspecified atom stereocenters. The van der Waals surface area contributed by atoms with E-state index in [9.17, 15) is 31.5 Å². The van der Waals surface area contributed by atoms with Crippen LogP contribution in [-0.2, 0) is 26.4 Å². The van der Waals surface area contributed by atoms with E-state index in [0.29, 0.717) is 0 Å². The fourth-order valence-corrected chi connectivity index (χ4v) is 6.80. The lowest BCUT2D eigenvalue weighted by Crippen LogP contribution is -2.20. The maximum absolute atomic E-state index is 13.8. The molecule has 1 atom stereocenters. The summed E-state index contributed by atoms with van der Waals surface area (Å²) >= 11 is 0.906. The van der Waals surface area contributed by atoms with Gasteiger partial charge in [0.25, 0.3) is 0 Å². The smallest absolute Gasteiger partial charge is 0.416 e. The predicted molar refractivity (Wildman–Crippen MR) is 157 cm³/mol. The zero-order valence-corrected chi connectivity index (χ0v) is 25.3. The summed E-state index contributed by atoms with van der Waals surface area (Å²) in [6.45, 7) is 9.37. The van der Waals surface area contributed by atoms with Crippen molar-refractivity contribution >= 4 is 44.3 Å². The van der Waals surface area contributed by atoms with Crippen LogP contribution in [0.4, 0.5) is 13.2 Å². The summed E-state index contributed by atoms with van der Waals surface area (Å²) in [5, 5.41) is 12.7. The Morgan fingerprint density at radius 3 is 2.50 bits per heavy atom. The van der Waals surface area contributed by atoms with Crippen molar-refractivity contribution in [2.75, 3.05) is 12.4 Å². The van der Waals surface area contributed by atoms with E-state index in [1.165, 1.54) is 18.4 Å². The molecule has 1 N–H and O–H groups in total. The van der Waals surface area contributed by atoms with E-state index in [4.69, 9.17) is 4.74 Å². The molecule has 0 saturated heterocycles. The fourth-order valence-electron chi connectivity index (χ4n) is 4.54. The lowest BCUT2D eigenvalue weighted by atomic mass is 9.86. The van der Waals surface area contributed by atoms with E-state index in [-0.39, 0.29) is 44.9 Å². The number of carbonyl (C=O) groups excluding carboxylic acids is 1. The molecule has 42 heavy (non-hydrogen) atoms. The van der Waals surface area contributed by atoms with Crippen molar-refractivity contribution in [2.24, 2.45) is 0 Å². The van der Waals surface area contributed by atoms with Gasteiger partial charge in [-0.3, -0.25) is 0 Å². The number of halogens is 3. The number of nitrogens with zero attached hydrogens (tertiary/aromatic N) is 2. The second kappa shape index (κ2) is 11.7. The minimum absolute atomic E-state index is 0.00834. The average Bonchev–Trinajstić information content (AvgIpc) is 3.51. The number of fused-ring (bicyclic) bond motifs is 1. The molecule has 2 heterocycles. The number of rotatable bonds is 8. The van der Waals surface area contributed by atoms with Crippen molar-refractivity contribution in [1.82, 2.24) is 8.96 Å². The summed E-state index contributed by atoms with van der Waals surface area (Å²) in [6.07, 6.45) is -3.19. The molecule has 4 aromatic rings. The van der Waals surface area contributed by atoms with Crippen molar-refractivity contribution in [3.63, 3.8) is 0 Å². The molecule has 2 aromatic heterocycles. The maximum atomic E-state index is 13.8. The van der Waals surface area contributed by atoms with Gasteiger partial charge in [0.15, 0.2) is 5.69 Å².